The molecule has 1 aliphatic carbocycles. The first-order valence-electron chi connectivity index (χ1n) is 6.59. The Kier molecular flexibility index (Phi) is 3.53. The Morgan fingerprint density at radius 2 is 2.05 bits per heavy atom. The topological polar surface area (TPSA) is 53.6 Å². The zero-order chi connectivity index (χ0) is 13.2. The largest absolute Gasteiger partial charge is 0.305 e. The second kappa shape index (κ2) is 5.31. The van der Waals surface area contributed by atoms with Gasteiger partial charge in [-0.15, -0.1) is 0 Å². The van der Waals surface area contributed by atoms with E-state index in [2.05, 4.69) is 39.6 Å². The van der Waals surface area contributed by atoms with Crippen LogP contribution in [0.15, 0.2) is 30.6 Å². The minimum absolute atomic E-state index is 0.221. The average Bonchev–Trinajstić information content (AvgIpc) is 2.88. The number of aromatic amines is 1. The highest BCUT2D eigenvalue weighted by molar-refractivity contribution is 6.30. The van der Waals surface area contributed by atoms with Crippen LogP contribution in [-0.4, -0.2) is 21.2 Å². The van der Waals surface area contributed by atoms with Gasteiger partial charge in [0.2, 0.25) is 0 Å². The van der Waals surface area contributed by atoms with Gasteiger partial charge in [-0.1, -0.05) is 23.7 Å². The number of nitrogens with one attached hydrogen (secondary N) is 2. The van der Waals surface area contributed by atoms with Gasteiger partial charge in [0, 0.05) is 11.1 Å². The molecule has 0 bridgehead atoms. The number of aromatic nitrogens is 3. The molecule has 1 aliphatic rings. The highest BCUT2D eigenvalue weighted by Gasteiger charge is 2.31. The lowest BCUT2D eigenvalue weighted by molar-refractivity contribution is 0.268. The van der Waals surface area contributed by atoms with Crippen molar-refractivity contribution >= 4 is 11.6 Å². The van der Waals surface area contributed by atoms with Crippen LogP contribution in [0.4, 0.5) is 0 Å². The molecule has 0 saturated heterocycles. The molecule has 1 saturated carbocycles. The quantitative estimate of drug-likeness (QED) is 0.902. The summed E-state index contributed by atoms with van der Waals surface area (Å²) in [5.74, 6) is 1.55. The summed E-state index contributed by atoms with van der Waals surface area (Å²) in [4.78, 5) is 4.17. The second-order valence-corrected chi connectivity index (χ2v) is 5.61. The van der Waals surface area contributed by atoms with Crippen molar-refractivity contribution in [3.63, 3.8) is 0 Å². The predicted molar refractivity (Wildman–Crippen MR) is 75.1 cm³/mol. The van der Waals surface area contributed by atoms with E-state index in [4.69, 9.17) is 11.6 Å². The Hall–Kier alpha value is -1.39. The number of H-pyrrole nitrogens is 1. The molecule has 1 unspecified atom stereocenters. The Bertz CT molecular complexity index is 517. The van der Waals surface area contributed by atoms with Crippen LogP contribution in [0.5, 0.6) is 0 Å². The smallest absolute Gasteiger partial charge is 0.141 e. The SMILES string of the molecule is CC(NC1CC(c2ccc(Cl)cc2)C1)c1ncn[nH]1. The normalized spacial score (nSPS) is 23.9. The summed E-state index contributed by atoms with van der Waals surface area (Å²) in [5.41, 5.74) is 1.38. The third-order valence-electron chi connectivity index (χ3n) is 3.81. The van der Waals surface area contributed by atoms with Gasteiger partial charge in [-0.25, -0.2) is 4.98 Å². The molecule has 19 heavy (non-hydrogen) atoms. The first kappa shape index (κ1) is 12.6. The Balaban J connectivity index is 1.51. The minimum atomic E-state index is 0.221. The van der Waals surface area contributed by atoms with E-state index in [1.165, 1.54) is 18.4 Å². The summed E-state index contributed by atoms with van der Waals surface area (Å²) >= 11 is 5.90. The fraction of sp³-hybridized carbons (Fsp3) is 0.429. The number of benzene rings is 1. The van der Waals surface area contributed by atoms with E-state index >= 15 is 0 Å². The Morgan fingerprint density at radius 3 is 2.68 bits per heavy atom. The maximum Gasteiger partial charge on any atom is 0.141 e. The van der Waals surface area contributed by atoms with Crippen LogP contribution in [0.25, 0.3) is 0 Å². The molecule has 2 aromatic rings. The molecule has 4 nitrogen and oxygen atoms in total. The lowest BCUT2D eigenvalue weighted by atomic mass is 9.75. The van der Waals surface area contributed by atoms with E-state index in [9.17, 15) is 0 Å². The first-order valence-corrected chi connectivity index (χ1v) is 6.97. The van der Waals surface area contributed by atoms with Crippen molar-refractivity contribution in [3.8, 4) is 0 Å². The van der Waals surface area contributed by atoms with Crippen molar-refractivity contribution in [2.45, 2.75) is 37.8 Å². The van der Waals surface area contributed by atoms with Gasteiger partial charge in [0.15, 0.2) is 0 Å². The van der Waals surface area contributed by atoms with Crippen LogP contribution in [0.1, 0.15) is 43.1 Å². The molecule has 100 valence electrons. The van der Waals surface area contributed by atoms with E-state index in [1.807, 2.05) is 12.1 Å². The van der Waals surface area contributed by atoms with Crippen molar-refractivity contribution in [3.05, 3.63) is 47.0 Å². The summed E-state index contributed by atoms with van der Waals surface area (Å²) in [5, 5.41) is 11.2. The molecule has 1 aromatic heterocycles. The van der Waals surface area contributed by atoms with Crippen molar-refractivity contribution in [1.82, 2.24) is 20.5 Å². The molecule has 0 amide bonds. The fourth-order valence-electron chi connectivity index (χ4n) is 2.62. The van der Waals surface area contributed by atoms with E-state index < -0.39 is 0 Å². The number of halogens is 1. The molecule has 0 radical (unpaired) electrons. The van der Waals surface area contributed by atoms with Gasteiger partial charge in [-0.2, -0.15) is 5.10 Å². The van der Waals surface area contributed by atoms with E-state index in [-0.39, 0.29) is 6.04 Å². The zero-order valence-corrected chi connectivity index (χ0v) is 11.6. The summed E-state index contributed by atoms with van der Waals surface area (Å²) in [6.07, 6.45) is 3.88. The van der Waals surface area contributed by atoms with E-state index in [1.54, 1.807) is 6.33 Å². The van der Waals surface area contributed by atoms with Gasteiger partial charge >= 0.3 is 0 Å². The lowest BCUT2D eigenvalue weighted by Crippen LogP contribution is -2.41. The maximum absolute atomic E-state index is 5.90. The Labute approximate surface area is 117 Å². The fourth-order valence-corrected chi connectivity index (χ4v) is 2.74. The van der Waals surface area contributed by atoms with Crippen molar-refractivity contribution in [2.75, 3.05) is 0 Å². The van der Waals surface area contributed by atoms with Gasteiger partial charge in [0.25, 0.3) is 0 Å². The molecule has 3 rings (SSSR count). The third-order valence-corrected chi connectivity index (χ3v) is 4.06. The van der Waals surface area contributed by atoms with Crippen LogP contribution in [0.3, 0.4) is 0 Å². The molecule has 1 atom stereocenters. The Morgan fingerprint density at radius 1 is 1.32 bits per heavy atom. The van der Waals surface area contributed by atoms with Crippen molar-refractivity contribution in [1.29, 1.82) is 0 Å². The van der Waals surface area contributed by atoms with Crippen LogP contribution < -0.4 is 5.32 Å². The number of hydrogen-bond donors (Lipinski definition) is 2. The van der Waals surface area contributed by atoms with Gasteiger partial charge < -0.3 is 5.32 Å². The van der Waals surface area contributed by atoms with Crippen LogP contribution in [0, 0.1) is 0 Å². The standard InChI is InChI=1S/C14H17ClN4/c1-9(14-16-8-17-19-14)18-13-6-11(7-13)10-2-4-12(15)5-3-10/h2-5,8-9,11,13,18H,6-7H2,1H3,(H,16,17,19). The van der Waals surface area contributed by atoms with E-state index in [0.29, 0.717) is 12.0 Å². The van der Waals surface area contributed by atoms with Crippen LogP contribution in [-0.2, 0) is 0 Å². The number of rotatable bonds is 4. The molecule has 1 aromatic carbocycles. The lowest BCUT2D eigenvalue weighted by Gasteiger charge is -2.37. The van der Waals surface area contributed by atoms with Crippen LogP contribution >= 0.6 is 11.6 Å². The molecule has 2 N–H and O–H groups in total. The van der Waals surface area contributed by atoms with E-state index in [0.717, 1.165) is 10.8 Å². The highest BCUT2D eigenvalue weighted by Crippen LogP contribution is 2.38. The molecule has 0 aliphatic heterocycles. The monoisotopic (exact) mass is 276 g/mol. The number of nitrogens with zero attached hydrogens (tertiary/aromatic N) is 2. The molecule has 0 spiro atoms. The zero-order valence-electron chi connectivity index (χ0n) is 10.8. The first-order chi connectivity index (χ1) is 9.22. The molecule has 1 fully saturated rings. The predicted octanol–water partition coefficient (Wildman–Crippen LogP) is 3.05. The van der Waals surface area contributed by atoms with Crippen molar-refractivity contribution in [2.24, 2.45) is 0 Å². The highest BCUT2D eigenvalue weighted by atomic mass is 35.5. The van der Waals surface area contributed by atoms with Gasteiger partial charge in [-0.3, -0.25) is 5.10 Å². The third kappa shape index (κ3) is 2.80. The molecular weight excluding hydrogens is 260 g/mol. The molecular formula is C14H17ClN4. The van der Waals surface area contributed by atoms with Gasteiger partial charge in [-0.05, 0) is 43.4 Å². The van der Waals surface area contributed by atoms with Gasteiger partial charge in [0.1, 0.15) is 12.2 Å². The molecule has 5 heteroatoms. The van der Waals surface area contributed by atoms with Crippen molar-refractivity contribution < 1.29 is 0 Å². The second-order valence-electron chi connectivity index (χ2n) is 5.18. The summed E-state index contributed by atoms with van der Waals surface area (Å²) in [6.45, 7) is 2.11. The average molecular weight is 277 g/mol. The summed E-state index contributed by atoms with van der Waals surface area (Å²) < 4.78 is 0. The maximum atomic E-state index is 5.90. The van der Waals surface area contributed by atoms with Gasteiger partial charge in [0.05, 0.1) is 6.04 Å². The minimum Gasteiger partial charge on any atom is -0.305 e. The summed E-state index contributed by atoms with van der Waals surface area (Å²) in [6, 6.07) is 8.97. The number of hydrogen-bond acceptors (Lipinski definition) is 3. The van der Waals surface area contributed by atoms with Crippen LogP contribution in [0.2, 0.25) is 5.02 Å². The summed E-state index contributed by atoms with van der Waals surface area (Å²) in [7, 11) is 0. The molecule has 1 heterocycles.